The molecule has 3 rings (SSSR count). The van der Waals surface area contributed by atoms with Crippen LogP contribution in [0.1, 0.15) is 23.5 Å². The van der Waals surface area contributed by atoms with Crippen LogP contribution >= 0.6 is 0 Å². The molecule has 0 aliphatic carbocycles. The van der Waals surface area contributed by atoms with Crippen molar-refractivity contribution in [2.24, 2.45) is 0 Å². The second-order valence-electron chi connectivity index (χ2n) is 6.42. The van der Waals surface area contributed by atoms with Crippen LogP contribution in [0.25, 0.3) is 0 Å². The Balaban J connectivity index is 1.81. The van der Waals surface area contributed by atoms with Crippen LogP contribution in [0.4, 0.5) is 10.1 Å². The predicted molar refractivity (Wildman–Crippen MR) is 98.4 cm³/mol. The van der Waals surface area contributed by atoms with E-state index in [9.17, 15) is 14.0 Å². The normalized spacial score (nSPS) is 15.6. The maximum absolute atomic E-state index is 13.5. The Morgan fingerprint density at radius 1 is 1.19 bits per heavy atom. The lowest BCUT2D eigenvalue weighted by molar-refractivity contribution is -0.134. The van der Waals surface area contributed by atoms with E-state index in [0.717, 1.165) is 5.56 Å². The Kier molecular flexibility index (Phi) is 5.30. The van der Waals surface area contributed by atoms with Gasteiger partial charge >= 0.3 is 0 Å². The van der Waals surface area contributed by atoms with Crippen LogP contribution in [-0.2, 0) is 16.1 Å². The minimum Gasteiger partial charge on any atom is -0.493 e. The van der Waals surface area contributed by atoms with Gasteiger partial charge in [-0.2, -0.15) is 0 Å². The molecule has 27 heavy (non-hydrogen) atoms. The fourth-order valence-corrected chi connectivity index (χ4v) is 3.25. The first kappa shape index (κ1) is 18.7. The molecule has 1 atom stereocenters. The molecule has 0 fully saturated rings. The first-order valence-electron chi connectivity index (χ1n) is 8.48. The molecule has 7 heteroatoms. The molecule has 1 aliphatic heterocycles. The van der Waals surface area contributed by atoms with Gasteiger partial charge in [0.05, 0.1) is 20.1 Å². The zero-order chi connectivity index (χ0) is 19.6. The standard InChI is InChI=1S/C20H21FN2O4/c1-23(11-12-4-7-17(26-2)18(8-12)27-3)20(25)15-10-19(24)22-16-9-13(21)5-6-14(15)16/h4-9,15H,10-11H2,1-3H3,(H,22,24)/t15-/m0/s1. The number of rotatable bonds is 5. The van der Waals surface area contributed by atoms with E-state index >= 15 is 0 Å². The Hall–Kier alpha value is -3.09. The van der Waals surface area contributed by atoms with Gasteiger partial charge in [-0.1, -0.05) is 12.1 Å². The molecule has 2 aromatic rings. The SMILES string of the molecule is COc1ccc(CN(C)C(=O)[C@H]2CC(=O)Nc3cc(F)ccc32)cc1OC. The van der Waals surface area contributed by atoms with Crippen molar-refractivity contribution in [1.29, 1.82) is 0 Å². The third kappa shape index (κ3) is 3.86. The summed E-state index contributed by atoms with van der Waals surface area (Å²) in [6.45, 7) is 0.341. The van der Waals surface area contributed by atoms with Gasteiger partial charge in [-0.3, -0.25) is 9.59 Å². The molecule has 6 nitrogen and oxygen atoms in total. The molecule has 0 saturated carbocycles. The van der Waals surface area contributed by atoms with Crippen LogP contribution in [0.3, 0.4) is 0 Å². The van der Waals surface area contributed by atoms with E-state index < -0.39 is 11.7 Å². The second-order valence-corrected chi connectivity index (χ2v) is 6.42. The number of likely N-dealkylation sites (N-methyl/N-ethyl adjacent to an activating group) is 1. The minimum atomic E-state index is -0.639. The molecule has 2 amide bonds. The van der Waals surface area contributed by atoms with Gasteiger partial charge in [0.2, 0.25) is 11.8 Å². The van der Waals surface area contributed by atoms with Crippen LogP contribution in [0, 0.1) is 5.82 Å². The lowest BCUT2D eigenvalue weighted by atomic mass is 9.89. The number of carbonyl (C=O) groups is 2. The first-order chi connectivity index (χ1) is 12.9. The number of anilines is 1. The monoisotopic (exact) mass is 372 g/mol. The van der Waals surface area contributed by atoms with Gasteiger partial charge < -0.3 is 19.7 Å². The average molecular weight is 372 g/mol. The van der Waals surface area contributed by atoms with Gasteiger partial charge in [-0.25, -0.2) is 4.39 Å². The zero-order valence-corrected chi connectivity index (χ0v) is 15.4. The van der Waals surface area contributed by atoms with Gasteiger partial charge in [-0.15, -0.1) is 0 Å². The van der Waals surface area contributed by atoms with Crippen LogP contribution < -0.4 is 14.8 Å². The van der Waals surface area contributed by atoms with E-state index in [2.05, 4.69) is 5.32 Å². The number of methoxy groups -OCH3 is 2. The molecule has 1 aliphatic rings. The number of carbonyl (C=O) groups excluding carboxylic acids is 2. The van der Waals surface area contributed by atoms with Crippen molar-refractivity contribution >= 4 is 17.5 Å². The van der Waals surface area contributed by atoms with Crippen LogP contribution in [0.2, 0.25) is 0 Å². The van der Waals surface area contributed by atoms with Gasteiger partial charge in [0.25, 0.3) is 0 Å². The Bertz CT molecular complexity index is 884. The van der Waals surface area contributed by atoms with Gasteiger partial charge in [0.15, 0.2) is 11.5 Å². The van der Waals surface area contributed by atoms with E-state index in [1.54, 1.807) is 44.4 Å². The molecule has 1 N–H and O–H groups in total. The molecule has 142 valence electrons. The van der Waals surface area contributed by atoms with E-state index in [1.807, 2.05) is 6.07 Å². The molecule has 0 spiro atoms. The Labute approximate surface area is 156 Å². The number of hydrogen-bond acceptors (Lipinski definition) is 4. The highest BCUT2D eigenvalue weighted by atomic mass is 19.1. The molecule has 0 radical (unpaired) electrons. The van der Waals surface area contributed by atoms with E-state index in [0.29, 0.717) is 29.3 Å². The molecular formula is C20H21FN2O4. The minimum absolute atomic E-state index is 0.0355. The number of nitrogens with zero attached hydrogens (tertiary/aromatic N) is 1. The van der Waals surface area contributed by atoms with Crippen LogP contribution in [-0.4, -0.2) is 38.0 Å². The largest absolute Gasteiger partial charge is 0.493 e. The van der Waals surface area contributed by atoms with Crippen molar-refractivity contribution in [3.8, 4) is 11.5 Å². The average Bonchev–Trinajstić information content (AvgIpc) is 2.66. The van der Waals surface area contributed by atoms with Crippen molar-refractivity contribution in [2.45, 2.75) is 18.9 Å². The van der Waals surface area contributed by atoms with Gasteiger partial charge in [0, 0.05) is 25.7 Å². The van der Waals surface area contributed by atoms with Crippen LogP contribution in [0.15, 0.2) is 36.4 Å². The van der Waals surface area contributed by atoms with Crippen molar-refractivity contribution in [1.82, 2.24) is 4.90 Å². The zero-order valence-electron chi connectivity index (χ0n) is 15.4. The number of benzene rings is 2. The summed E-state index contributed by atoms with van der Waals surface area (Å²) in [5, 5.41) is 2.62. The smallest absolute Gasteiger partial charge is 0.230 e. The van der Waals surface area contributed by atoms with E-state index in [-0.39, 0.29) is 18.2 Å². The van der Waals surface area contributed by atoms with Gasteiger partial charge in [-0.05, 0) is 35.4 Å². The van der Waals surface area contributed by atoms with E-state index in [1.165, 1.54) is 12.1 Å². The Morgan fingerprint density at radius 3 is 2.63 bits per heavy atom. The molecule has 1 heterocycles. The number of hydrogen-bond donors (Lipinski definition) is 1. The topological polar surface area (TPSA) is 67.9 Å². The highest BCUT2D eigenvalue weighted by Crippen LogP contribution is 2.34. The molecular weight excluding hydrogens is 351 g/mol. The first-order valence-corrected chi connectivity index (χ1v) is 8.48. The lowest BCUT2D eigenvalue weighted by Gasteiger charge is -2.28. The molecule has 0 aromatic heterocycles. The summed E-state index contributed by atoms with van der Waals surface area (Å²) in [5.74, 6) is -0.414. The third-order valence-electron chi connectivity index (χ3n) is 4.60. The summed E-state index contributed by atoms with van der Waals surface area (Å²) in [4.78, 5) is 26.5. The summed E-state index contributed by atoms with van der Waals surface area (Å²) in [6.07, 6.45) is 0.0355. The maximum Gasteiger partial charge on any atom is 0.230 e. The highest BCUT2D eigenvalue weighted by molar-refractivity contribution is 6.01. The number of halogens is 1. The summed E-state index contributed by atoms with van der Waals surface area (Å²) in [7, 11) is 4.78. The fourth-order valence-electron chi connectivity index (χ4n) is 3.25. The fraction of sp³-hybridized carbons (Fsp3) is 0.300. The Morgan fingerprint density at radius 2 is 1.93 bits per heavy atom. The molecule has 2 aromatic carbocycles. The molecule has 0 saturated heterocycles. The second kappa shape index (κ2) is 7.65. The third-order valence-corrected chi connectivity index (χ3v) is 4.60. The summed E-state index contributed by atoms with van der Waals surface area (Å²) in [5.41, 5.74) is 1.84. The maximum atomic E-state index is 13.5. The summed E-state index contributed by atoms with van der Waals surface area (Å²) in [6, 6.07) is 9.52. The van der Waals surface area contributed by atoms with E-state index in [4.69, 9.17) is 9.47 Å². The summed E-state index contributed by atoms with van der Waals surface area (Å²) < 4.78 is 24.0. The summed E-state index contributed by atoms with van der Waals surface area (Å²) >= 11 is 0. The number of amides is 2. The van der Waals surface area contributed by atoms with Crippen molar-refractivity contribution in [3.05, 3.63) is 53.3 Å². The number of nitrogens with one attached hydrogen (secondary N) is 1. The lowest BCUT2D eigenvalue weighted by Crippen LogP contribution is -2.36. The van der Waals surface area contributed by atoms with Crippen molar-refractivity contribution in [3.63, 3.8) is 0 Å². The molecule has 0 bridgehead atoms. The van der Waals surface area contributed by atoms with Crippen LogP contribution in [0.5, 0.6) is 11.5 Å². The van der Waals surface area contributed by atoms with Crippen molar-refractivity contribution < 1.29 is 23.5 Å². The quantitative estimate of drug-likeness (QED) is 0.876. The highest BCUT2D eigenvalue weighted by Gasteiger charge is 2.32. The number of ether oxygens (including phenoxy) is 2. The van der Waals surface area contributed by atoms with Gasteiger partial charge in [0.1, 0.15) is 5.82 Å². The van der Waals surface area contributed by atoms with Crippen molar-refractivity contribution in [2.75, 3.05) is 26.6 Å². The number of fused-ring (bicyclic) bond motifs is 1. The molecule has 0 unspecified atom stereocenters. The predicted octanol–water partition coefficient (Wildman–Crippen LogP) is 2.93.